The molecule has 1 unspecified atom stereocenters. The Labute approximate surface area is 203 Å². The predicted molar refractivity (Wildman–Crippen MR) is 135 cm³/mol. The second kappa shape index (κ2) is 9.16. The van der Waals surface area contributed by atoms with Crippen LogP contribution in [-0.2, 0) is 7.05 Å². The van der Waals surface area contributed by atoms with Gasteiger partial charge in [0.05, 0.1) is 11.7 Å². The van der Waals surface area contributed by atoms with Crippen LogP contribution < -0.4 is 10.2 Å². The molecule has 0 bridgehead atoms. The number of anilines is 1. The molecule has 1 atom stereocenters. The van der Waals surface area contributed by atoms with E-state index in [2.05, 4.69) is 15.6 Å². The number of amides is 1. The van der Waals surface area contributed by atoms with Crippen molar-refractivity contribution in [3.63, 3.8) is 0 Å². The molecule has 0 aliphatic carbocycles. The highest BCUT2D eigenvalue weighted by Gasteiger charge is 2.30. The third kappa shape index (κ3) is 4.06. The Morgan fingerprint density at radius 1 is 1.18 bits per heavy atom. The van der Waals surface area contributed by atoms with Gasteiger partial charge in [-0.15, -0.1) is 5.10 Å². The van der Waals surface area contributed by atoms with Gasteiger partial charge in [-0.3, -0.25) is 14.4 Å². The van der Waals surface area contributed by atoms with Gasteiger partial charge in [-0.05, 0) is 74.5 Å². The van der Waals surface area contributed by atoms with Gasteiger partial charge >= 0.3 is 0 Å². The maximum atomic E-state index is 14.0. The minimum Gasteiger partial charge on any atom is -0.315 e. The average molecular weight is 475 g/mol. The molecule has 0 radical (unpaired) electrons. The molecular weight excluding hydrogens is 448 g/mol. The molecule has 2 aromatic heterocycles. The van der Waals surface area contributed by atoms with Crippen molar-refractivity contribution >= 4 is 34.1 Å². The highest BCUT2D eigenvalue weighted by Crippen LogP contribution is 2.33. The molecule has 1 amide bonds. The molecule has 4 aromatic rings. The number of halogens is 1. The standard InChI is InChI=1S/C26H27ClN6O/c1-16-13-21(27)14-20-10-12-29-25(23(16)20)33(22-5-4-11-28-15-22)26(34)19-8-6-18(7-9-19)24-17(2)32(3)31-30-24/h6-10,12-14,22,28H,4-5,11,15H2,1-3H3. The van der Waals surface area contributed by atoms with Crippen LogP contribution in [0.5, 0.6) is 0 Å². The topological polar surface area (TPSA) is 75.9 Å². The number of aryl methyl sites for hydroxylation is 2. The van der Waals surface area contributed by atoms with Crippen LogP contribution >= 0.6 is 11.6 Å². The lowest BCUT2D eigenvalue weighted by molar-refractivity contribution is 0.0972. The van der Waals surface area contributed by atoms with Crippen LogP contribution in [0.4, 0.5) is 5.82 Å². The molecule has 174 valence electrons. The van der Waals surface area contributed by atoms with E-state index in [9.17, 15) is 4.79 Å². The zero-order valence-electron chi connectivity index (χ0n) is 19.5. The van der Waals surface area contributed by atoms with E-state index >= 15 is 0 Å². The number of benzene rings is 2. The first-order valence-corrected chi connectivity index (χ1v) is 11.9. The third-order valence-electron chi connectivity index (χ3n) is 6.60. The van der Waals surface area contributed by atoms with Crippen molar-refractivity contribution < 1.29 is 4.79 Å². The van der Waals surface area contributed by atoms with Gasteiger partial charge in [0.1, 0.15) is 11.5 Å². The number of carbonyl (C=O) groups is 1. The lowest BCUT2D eigenvalue weighted by atomic mass is 10.0. The first kappa shape index (κ1) is 22.5. The average Bonchev–Trinajstić information content (AvgIpc) is 3.18. The molecule has 7 nitrogen and oxygen atoms in total. The summed E-state index contributed by atoms with van der Waals surface area (Å²) in [5.41, 5.74) is 4.34. The summed E-state index contributed by atoms with van der Waals surface area (Å²) >= 11 is 6.32. The van der Waals surface area contributed by atoms with E-state index in [1.807, 2.05) is 68.3 Å². The van der Waals surface area contributed by atoms with Crippen LogP contribution in [0.25, 0.3) is 22.0 Å². The van der Waals surface area contributed by atoms with E-state index in [0.717, 1.165) is 59.2 Å². The third-order valence-corrected chi connectivity index (χ3v) is 6.82. The Morgan fingerprint density at radius 2 is 1.97 bits per heavy atom. The first-order chi connectivity index (χ1) is 16.4. The quantitative estimate of drug-likeness (QED) is 0.464. The van der Waals surface area contributed by atoms with E-state index in [0.29, 0.717) is 16.4 Å². The molecule has 1 aliphatic rings. The van der Waals surface area contributed by atoms with Crippen molar-refractivity contribution in [1.29, 1.82) is 0 Å². The summed E-state index contributed by atoms with van der Waals surface area (Å²) < 4.78 is 1.74. The molecule has 1 fully saturated rings. The SMILES string of the molecule is Cc1cc(Cl)cc2ccnc(N(C(=O)c3ccc(-c4nnn(C)c4C)cc3)C3CCCNC3)c12. The zero-order valence-corrected chi connectivity index (χ0v) is 20.3. The smallest absolute Gasteiger partial charge is 0.259 e. The molecule has 3 heterocycles. The lowest BCUT2D eigenvalue weighted by Gasteiger charge is -2.35. The van der Waals surface area contributed by atoms with Gasteiger partial charge in [0, 0.05) is 41.3 Å². The van der Waals surface area contributed by atoms with Crippen LogP contribution in [0.2, 0.25) is 5.02 Å². The molecule has 1 aliphatic heterocycles. The first-order valence-electron chi connectivity index (χ1n) is 11.5. The van der Waals surface area contributed by atoms with Gasteiger partial charge < -0.3 is 5.32 Å². The highest BCUT2D eigenvalue weighted by atomic mass is 35.5. The van der Waals surface area contributed by atoms with Gasteiger partial charge in [-0.1, -0.05) is 28.9 Å². The normalized spacial score (nSPS) is 16.1. The van der Waals surface area contributed by atoms with Crippen LogP contribution in [0.3, 0.4) is 0 Å². The number of rotatable bonds is 4. The molecule has 2 aromatic carbocycles. The molecule has 1 N–H and O–H groups in total. The Balaban J connectivity index is 1.58. The monoisotopic (exact) mass is 474 g/mol. The number of hydrogen-bond donors (Lipinski definition) is 1. The molecule has 5 rings (SSSR count). The summed E-state index contributed by atoms with van der Waals surface area (Å²) in [6.45, 7) is 5.68. The number of nitrogens with zero attached hydrogens (tertiary/aromatic N) is 5. The van der Waals surface area contributed by atoms with E-state index in [4.69, 9.17) is 16.6 Å². The summed E-state index contributed by atoms with van der Waals surface area (Å²) in [6.07, 6.45) is 3.68. The number of carbonyl (C=O) groups excluding carboxylic acids is 1. The Bertz CT molecular complexity index is 1360. The Morgan fingerprint density at radius 3 is 2.65 bits per heavy atom. The molecule has 0 spiro atoms. The fourth-order valence-electron chi connectivity index (χ4n) is 4.71. The molecule has 8 heteroatoms. The van der Waals surface area contributed by atoms with E-state index < -0.39 is 0 Å². The van der Waals surface area contributed by atoms with Crippen molar-refractivity contribution in [3.8, 4) is 11.3 Å². The minimum atomic E-state index is -0.0644. The van der Waals surface area contributed by atoms with Crippen LogP contribution in [0.15, 0.2) is 48.7 Å². The van der Waals surface area contributed by atoms with Crippen LogP contribution in [-0.4, -0.2) is 45.0 Å². The number of nitrogens with one attached hydrogen (secondary N) is 1. The lowest BCUT2D eigenvalue weighted by Crippen LogP contribution is -2.49. The van der Waals surface area contributed by atoms with Crippen molar-refractivity contribution in [2.45, 2.75) is 32.7 Å². The van der Waals surface area contributed by atoms with Crippen LogP contribution in [0.1, 0.15) is 34.5 Å². The van der Waals surface area contributed by atoms with Crippen molar-refractivity contribution in [2.24, 2.45) is 7.05 Å². The summed E-state index contributed by atoms with van der Waals surface area (Å²) in [4.78, 5) is 20.6. The summed E-state index contributed by atoms with van der Waals surface area (Å²) in [6, 6.07) is 13.4. The summed E-state index contributed by atoms with van der Waals surface area (Å²) in [7, 11) is 1.87. The molecule has 34 heavy (non-hydrogen) atoms. The van der Waals surface area contributed by atoms with E-state index in [1.54, 1.807) is 10.9 Å². The Hall–Kier alpha value is -3.29. The maximum absolute atomic E-state index is 14.0. The van der Waals surface area contributed by atoms with Gasteiger partial charge in [0.2, 0.25) is 0 Å². The number of fused-ring (bicyclic) bond motifs is 1. The van der Waals surface area contributed by atoms with Crippen molar-refractivity contribution in [1.82, 2.24) is 25.3 Å². The van der Waals surface area contributed by atoms with E-state index in [1.165, 1.54) is 0 Å². The predicted octanol–water partition coefficient (Wildman–Crippen LogP) is 4.70. The zero-order chi connectivity index (χ0) is 23.8. The van der Waals surface area contributed by atoms with Crippen LogP contribution in [0, 0.1) is 13.8 Å². The largest absolute Gasteiger partial charge is 0.315 e. The maximum Gasteiger partial charge on any atom is 0.259 e. The number of piperidine rings is 1. The second-order valence-corrected chi connectivity index (χ2v) is 9.29. The van der Waals surface area contributed by atoms with Gasteiger partial charge in [-0.25, -0.2) is 4.98 Å². The van der Waals surface area contributed by atoms with Gasteiger partial charge in [0.25, 0.3) is 5.91 Å². The molecule has 1 saturated heterocycles. The number of aromatic nitrogens is 4. The fourth-order valence-corrected chi connectivity index (χ4v) is 4.99. The fraction of sp³-hybridized carbons (Fsp3) is 0.308. The van der Waals surface area contributed by atoms with Gasteiger partial charge in [-0.2, -0.15) is 0 Å². The van der Waals surface area contributed by atoms with Crippen molar-refractivity contribution in [2.75, 3.05) is 18.0 Å². The number of hydrogen-bond acceptors (Lipinski definition) is 5. The molecule has 0 saturated carbocycles. The Kier molecular flexibility index (Phi) is 6.06. The van der Waals surface area contributed by atoms with E-state index in [-0.39, 0.29) is 11.9 Å². The van der Waals surface area contributed by atoms with Crippen molar-refractivity contribution in [3.05, 3.63) is 70.5 Å². The number of pyridine rings is 1. The van der Waals surface area contributed by atoms with Gasteiger partial charge in [0.15, 0.2) is 0 Å². The second-order valence-electron chi connectivity index (χ2n) is 8.86. The summed E-state index contributed by atoms with van der Waals surface area (Å²) in [5.74, 6) is 0.615. The molecular formula is C26H27ClN6O. The minimum absolute atomic E-state index is 0.0105. The highest BCUT2D eigenvalue weighted by molar-refractivity contribution is 6.31. The summed E-state index contributed by atoms with van der Waals surface area (Å²) in [5, 5.41) is 14.4.